The van der Waals surface area contributed by atoms with E-state index in [0.29, 0.717) is 18.7 Å². The molecule has 2 bridgehead atoms. The number of para-hydroxylation sites is 1. The van der Waals surface area contributed by atoms with Gasteiger partial charge in [-0.3, -0.25) is 4.90 Å². The maximum Gasteiger partial charge on any atom is 0.166 e. The monoisotopic (exact) mass is 393 g/mol. The molecule has 2 heterocycles. The van der Waals surface area contributed by atoms with E-state index in [1.807, 2.05) is 12.1 Å². The average Bonchev–Trinajstić information content (AvgIpc) is 2.96. The van der Waals surface area contributed by atoms with Crippen molar-refractivity contribution >= 4 is 0 Å². The molecule has 4 rings (SSSR count). The molecule has 0 aromatic heterocycles. The zero-order chi connectivity index (χ0) is 20.4. The number of aliphatic hydroxyl groups is 1. The minimum absolute atomic E-state index is 0.374. The first-order valence-electron chi connectivity index (χ1n) is 10.5. The smallest absolute Gasteiger partial charge is 0.166 e. The Hall–Kier alpha value is -2.30. The van der Waals surface area contributed by atoms with E-state index in [2.05, 4.69) is 48.7 Å². The number of rotatable bonds is 7. The molecule has 0 radical (unpaired) electrons. The van der Waals surface area contributed by atoms with E-state index >= 15 is 0 Å². The number of hydrogen-bond acceptors (Lipinski definition) is 4. The van der Waals surface area contributed by atoms with E-state index in [1.165, 1.54) is 5.56 Å². The molecule has 0 spiro atoms. The van der Waals surface area contributed by atoms with Crippen LogP contribution in [0.2, 0.25) is 0 Å². The zero-order valence-electron chi connectivity index (χ0n) is 17.4. The van der Waals surface area contributed by atoms with Crippen LogP contribution in [-0.2, 0) is 12.1 Å². The van der Waals surface area contributed by atoms with Crippen molar-refractivity contribution in [3.8, 4) is 11.5 Å². The van der Waals surface area contributed by atoms with Gasteiger partial charge in [-0.2, -0.15) is 0 Å². The van der Waals surface area contributed by atoms with Gasteiger partial charge in [0.05, 0.1) is 12.7 Å². The molecule has 0 aliphatic carbocycles. The maximum absolute atomic E-state index is 11.5. The Morgan fingerprint density at radius 3 is 2.45 bits per heavy atom. The summed E-state index contributed by atoms with van der Waals surface area (Å²) in [7, 11) is 1.67. The molecule has 29 heavy (non-hydrogen) atoms. The van der Waals surface area contributed by atoms with Crippen LogP contribution in [0.25, 0.3) is 0 Å². The number of nitrogens with zero attached hydrogens (tertiary/aromatic N) is 1. The Kier molecular flexibility index (Phi) is 5.66. The molecule has 2 aliphatic rings. The predicted octanol–water partition coefficient (Wildman–Crippen LogP) is 4.58. The lowest BCUT2D eigenvalue weighted by atomic mass is 9.80. The summed E-state index contributed by atoms with van der Waals surface area (Å²) in [6, 6.07) is 15.2. The van der Waals surface area contributed by atoms with Crippen LogP contribution in [0.15, 0.2) is 55.1 Å². The van der Waals surface area contributed by atoms with Crippen molar-refractivity contribution in [2.24, 2.45) is 0 Å². The van der Waals surface area contributed by atoms with Crippen LogP contribution in [0.4, 0.5) is 0 Å². The largest absolute Gasteiger partial charge is 0.493 e. The molecule has 0 saturated carbocycles. The highest BCUT2D eigenvalue weighted by Gasteiger charge is 2.48. The maximum atomic E-state index is 11.5. The topological polar surface area (TPSA) is 41.9 Å². The van der Waals surface area contributed by atoms with E-state index in [0.717, 1.165) is 54.9 Å². The third-order valence-corrected chi connectivity index (χ3v) is 6.49. The number of aryl methyl sites for hydroxylation is 1. The van der Waals surface area contributed by atoms with Gasteiger partial charge in [0.2, 0.25) is 0 Å². The minimum Gasteiger partial charge on any atom is -0.493 e. The number of ether oxygens (including phenoxy) is 2. The summed E-state index contributed by atoms with van der Waals surface area (Å²) in [6.07, 6.45) is 5.57. The van der Waals surface area contributed by atoms with Gasteiger partial charge >= 0.3 is 0 Å². The van der Waals surface area contributed by atoms with Crippen LogP contribution >= 0.6 is 0 Å². The second-order valence-electron chi connectivity index (χ2n) is 8.41. The van der Waals surface area contributed by atoms with Crippen molar-refractivity contribution in [3.63, 3.8) is 0 Å². The van der Waals surface area contributed by atoms with Gasteiger partial charge in [-0.25, -0.2) is 0 Å². The average molecular weight is 394 g/mol. The fourth-order valence-electron chi connectivity index (χ4n) is 5.02. The number of piperidine rings is 1. The first-order valence-corrected chi connectivity index (χ1v) is 10.5. The molecule has 4 heteroatoms. The van der Waals surface area contributed by atoms with Crippen molar-refractivity contribution in [1.82, 2.24) is 4.90 Å². The van der Waals surface area contributed by atoms with Crippen LogP contribution < -0.4 is 9.47 Å². The summed E-state index contributed by atoms with van der Waals surface area (Å²) in [4.78, 5) is 2.55. The molecule has 1 N–H and O–H groups in total. The molecule has 2 saturated heterocycles. The number of methoxy groups -OCH3 is 1. The Morgan fingerprint density at radius 1 is 1.14 bits per heavy atom. The Balaban J connectivity index is 1.55. The molecule has 0 amide bonds. The first kappa shape index (κ1) is 20.0. The standard InChI is InChI=1S/C25H31NO3/c1-4-14-29-24-19(6-5-7-23(24)28-3)17-26-21-12-13-22(26)16-25(27,15-21)20-10-8-18(2)9-11-20/h4-11,21-22,27H,1,12-17H2,2-3H3/t21-,22-/m0/s1. The fourth-order valence-corrected chi connectivity index (χ4v) is 5.02. The molecule has 2 fully saturated rings. The molecule has 4 nitrogen and oxygen atoms in total. The van der Waals surface area contributed by atoms with Crippen LogP contribution in [0.3, 0.4) is 0 Å². The minimum atomic E-state index is -0.730. The number of benzene rings is 2. The zero-order valence-corrected chi connectivity index (χ0v) is 17.4. The van der Waals surface area contributed by atoms with Gasteiger partial charge in [-0.05, 0) is 44.2 Å². The summed E-state index contributed by atoms with van der Waals surface area (Å²) in [6.45, 7) is 7.10. The van der Waals surface area contributed by atoms with E-state index in [-0.39, 0.29) is 0 Å². The van der Waals surface area contributed by atoms with Crippen molar-refractivity contribution in [2.75, 3.05) is 13.7 Å². The van der Waals surface area contributed by atoms with Crippen LogP contribution in [0.1, 0.15) is 42.4 Å². The molecule has 2 aliphatic heterocycles. The molecule has 0 unspecified atom stereocenters. The van der Waals surface area contributed by atoms with E-state index < -0.39 is 5.60 Å². The number of fused-ring (bicyclic) bond motifs is 2. The van der Waals surface area contributed by atoms with Gasteiger partial charge in [-0.1, -0.05) is 54.6 Å². The third-order valence-electron chi connectivity index (χ3n) is 6.49. The second-order valence-corrected chi connectivity index (χ2v) is 8.41. The summed E-state index contributed by atoms with van der Waals surface area (Å²) >= 11 is 0. The first-order chi connectivity index (χ1) is 14.0. The van der Waals surface area contributed by atoms with Gasteiger partial charge in [-0.15, -0.1) is 0 Å². The molecular weight excluding hydrogens is 362 g/mol. The van der Waals surface area contributed by atoms with Crippen LogP contribution in [-0.4, -0.2) is 35.8 Å². The molecule has 2 aromatic carbocycles. The van der Waals surface area contributed by atoms with Gasteiger partial charge in [0.15, 0.2) is 11.5 Å². The van der Waals surface area contributed by atoms with Gasteiger partial charge in [0.1, 0.15) is 6.61 Å². The molecular formula is C25H31NO3. The molecule has 2 aromatic rings. The van der Waals surface area contributed by atoms with Gasteiger partial charge in [0, 0.05) is 24.2 Å². The predicted molar refractivity (Wildman–Crippen MR) is 115 cm³/mol. The highest BCUT2D eigenvalue weighted by molar-refractivity contribution is 5.47. The van der Waals surface area contributed by atoms with E-state index in [4.69, 9.17) is 9.47 Å². The normalized spacial score (nSPS) is 26.3. The van der Waals surface area contributed by atoms with Crippen LogP contribution in [0, 0.1) is 6.92 Å². The highest BCUT2D eigenvalue weighted by atomic mass is 16.5. The lowest BCUT2D eigenvalue weighted by Crippen LogP contribution is -2.49. The Bertz CT molecular complexity index is 847. The van der Waals surface area contributed by atoms with Crippen molar-refractivity contribution in [3.05, 3.63) is 71.8 Å². The van der Waals surface area contributed by atoms with Gasteiger partial charge in [0.25, 0.3) is 0 Å². The summed E-state index contributed by atoms with van der Waals surface area (Å²) in [5.41, 5.74) is 2.68. The second kappa shape index (κ2) is 8.21. The van der Waals surface area contributed by atoms with Crippen molar-refractivity contribution < 1.29 is 14.6 Å². The van der Waals surface area contributed by atoms with Crippen LogP contribution in [0.5, 0.6) is 11.5 Å². The van der Waals surface area contributed by atoms with Crippen molar-refractivity contribution in [2.45, 2.75) is 56.8 Å². The van der Waals surface area contributed by atoms with E-state index in [1.54, 1.807) is 13.2 Å². The number of hydrogen-bond donors (Lipinski definition) is 1. The third kappa shape index (κ3) is 3.92. The SMILES string of the molecule is C=CCOc1c(CN2[C@H]3CC[C@H]2CC(O)(c2ccc(C)cc2)C3)cccc1OC. The molecule has 154 valence electrons. The lowest BCUT2D eigenvalue weighted by Gasteiger charge is -2.44. The van der Waals surface area contributed by atoms with Crippen molar-refractivity contribution in [1.29, 1.82) is 0 Å². The fraction of sp³-hybridized carbons (Fsp3) is 0.440. The highest BCUT2D eigenvalue weighted by Crippen LogP contribution is 2.47. The van der Waals surface area contributed by atoms with E-state index in [9.17, 15) is 5.11 Å². The Labute approximate surface area is 173 Å². The molecule has 2 atom stereocenters. The lowest BCUT2D eigenvalue weighted by molar-refractivity contribution is -0.0596. The Morgan fingerprint density at radius 2 is 1.83 bits per heavy atom. The summed E-state index contributed by atoms with van der Waals surface area (Å²) < 4.78 is 11.5. The quantitative estimate of drug-likeness (QED) is 0.699. The van der Waals surface area contributed by atoms with Gasteiger partial charge < -0.3 is 14.6 Å². The summed E-state index contributed by atoms with van der Waals surface area (Å²) in [5.74, 6) is 1.55. The summed E-state index contributed by atoms with van der Waals surface area (Å²) in [5, 5.41) is 11.5.